The number of ether oxygens (including phenoxy) is 1. The van der Waals surface area contributed by atoms with Gasteiger partial charge in [-0.2, -0.15) is 0 Å². The molecule has 1 aliphatic heterocycles. The van der Waals surface area contributed by atoms with Gasteiger partial charge in [0.05, 0.1) is 6.10 Å². The van der Waals surface area contributed by atoms with E-state index in [2.05, 4.69) is 23.4 Å². The lowest BCUT2D eigenvalue weighted by Gasteiger charge is -2.19. The molecule has 1 aliphatic rings. The molecular formula is C15H25N3O. The Bertz CT molecular complexity index is 377. The van der Waals surface area contributed by atoms with E-state index >= 15 is 0 Å². The number of nitrogens with one attached hydrogen (secondary N) is 1. The second-order valence-corrected chi connectivity index (χ2v) is 5.21. The van der Waals surface area contributed by atoms with Crippen LogP contribution in [0.15, 0.2) is 18.5 Å². The van der Waals surface area contributed by atoms with Crippen molar-refractivity contribution < 1.29 is 4.74 Å². The largest absolute Gasteiger partial charge is 0.378 e. The van der Waals surface area contributed by atoms with Gasteiger partial charge in [0.15, 0.2) is 0 Å². The highest BCUT2D eigenvalue weighted by atomic mass is 16.5. The molecule has 0 aliphatic carbocycles. The predicted octanol–water partition coefficient (Wildman–Crippen LogP) is 2.50. The third kappa shape index (κ3) is 4.00. The summed E-state index contributed by atoms with van der Waals surface area (Å²) in [7, 11) is 0. The Morgan fingerprint density at radius 1 is 1.58 bits per heavy atom. The lowest BCUT2D eigenvalue weighted by atomic mass is 9.96. The van der Waals surface area contributed by atoms with Crippen LogP contribution in [0.2, 0.25) is 0 Å². The average Bonchev–Trinajstić information content (AvgIpc) is 2.97. The van der Waals surface area contributed by atoms with Crippen LogP contribution in [-0.2, 0) is 11.2 Å². The predicted molar refractivity (Wildman–Crippen MR) is 76.5 cm³/mol. The summed E-state index contributed by atoms with van der Waals surface area (Å²) >= 11 is 0. The van der Waals surface area contributed by atoms with E-state index < -0.39 is 0 Å². The van der Waals surface area contributed by atoms with Crippen molar-refractivity contribution >= 4 is 0 Å². The van der Waals surface area contributed by atoms with E-state index in [0.717, 1.165) is 32.3 Å². The second-order valence-electron chi connectivity index (χ2n) is 5.21. The third-order valence-corrected chi connectivity index (χ3v) is 3.94. The SMILES string of the molecule is CCc1cnccc1C(CCCC1CCCO1)NN. The lowest BCUT2D eigenvalue weighted by molar-refractivity contribution is 0.101. The maximum absolute atomic E-state index is 5.72. The minimum atomic E-state index is 0.222. The Labute approximate surface area is 115 Å². The van der Waals surface area contributed by atoms with Gasteiger partial charge in [-0.3, -0.25) is 16.3 Å². The first-order valence-electron chi connectivity index (χ1n) is 7.35. The van der Waals surface area contributed by atoms with E-state index in [0.29, 0.717) is 6.10 Å². The molecule has 0 amide bonds. The molecule has 1 aromatic heterocycles. The molecule has 2 atom stereocenters. The summed E-state index contributed by atoms with van der Waals surface area (Å²) in [6, 6.07) is 2.30. The van der Waals surface area contributed by atoms with E-state index in [1.165, 1.54) is 24.0 Å². The molecule has 1 fully saturated rings. The summed E-state index contributed by atoms with van der Waals surface area (Å²) in [5.41, 5.74) is 5.51. The zero-order valence-electron chi connectivity index (χ0n) is 11.8. The first-order chi connectivity index (χ1) is 9.35. The van der Waals surface area contributed by atoms with Gasteiger partial charge in [0, 0.05) is 25.0 Å². The van der Waals surface area contributed by atoms with Crippen molar-refractivity contribution in [3.8, 4) is 0 Å². The smallest absolute Gasteiger partial charge is 0.0576 e. The fraction of sp³-hybridized carbons (Fsp3) is 0.667. The van der Waals surface area contributed by atoms with Crippen LogP contribution in [0, 0.1) is 0 Å². The molecule has 106 valence electrons. The van der Waals surface area contributed by atoms with Crippen LogP contribution in [0.1, 0.15) is 56.2 Å². The standard InChI is InChI=1S/C15H25N3O/c1-2-12-11-17-9-8-14(12)15(18-16)7-3-5-13-6-4-10-19-13/h8-9,11,13,15,18H,2-7,10,16H2,1H3. The summed E-state index contributed by atoms with van der Waals surface area (Å²) < 4.78 is 5.66. The maximum Gasteiger partial charge on any atom is 0.0576 e. The molecule has 19 heavy (non-hydrogen) atoms. The number of nitrogens with zero attached hydrogens (tertiary/aromatic N) is 1. The van der Waals surface area contributed by atoms with Crippen molar-refractivity contribution in [1.82, 2.24) is 10.4 Å². The molecule has 0 spiro atoms. The Balaban J connectivity index is 1.88. The van der Waals surface area contributed by atoms with E-state index in [-0.39, 0.29) is 6.04 Å². The number of hydrogen-bond acceptors (Lipinski definition) is 4. The molecule has 1 aromatic rings. The van der Waals surface area contributed by atoms with Gasteiger partial charge in [0.1, 0.15) is 0 Å². The van der Waals surface area contributed by atoms with Crippen molar-refractivity contribution in [2.45, 2.75) is 57.6 Å². The van der Waals surface area contributed by atoms with Crippen molar-refractivity contribution in [2.75, 3.05) is 6.61 Å². The van der Waals surface area contributed by atoms with Crippen LogP contribution in [0.3, 0.4) is 0 Å². The Morgan fingerprint density at radius 3 is 3.16 bits per heavy atom. The van der Waals surface area contributed by atoms with Crippen molar-refractivity contribution in [3.63, 3.8) is 0 Å². The highest BCUT2D eigenvalue weighted by Crippen LogP contribution is 2.24. The van der Waals surface area contributed by atoms with Crippen LogP contribution in [0.4, 0.5) is 0 Å². The van der Waals surface area contributed by atoms with E-state index in [1.807, 2.05) is 12.4 Å². The molecule has 0 radical (unpaired) electrons. The fourth-order valence-electron chi connectivity index (χ4n) is 2.82. The topological polar surface area (TPSA) is 60.2 Å². The molecule has 2 rings (SSSR count). The van der Waals surface area contributed by atoms with Crippen LogP contribution in [0.5, 0.6) is 0 Å². The number of aromatic nitrogens is 1. The van der Waals surface area contributed by atoms with Crippen molar-refractivity contribution in [3.05, 3.63) is 29.6 Å². The molecular weight excluding hydrogens is 238 g/mol. The Kier molecular flexibility index (Phi) is 5.76. The van der Waals surface area contributed by atoms with E-state index in [4.69, 9.17) is 10.6 Å². The van der Waals surface area contributed by atoms with Gasteiger partial charge in [-0.1, -0.05) is 6.92 Å². The zero-order chi connectivity index (χ0) is 13.5. The molecule has 3 N–H and O–H groups in total. The molecule has 0 saturated carbocycles. The number of pyridine rings is 1. The van der Waals surface area contributed by atoms with Gasteiger partial charge >= 0.3 is 0 Å². The zero-order valence-corrected chi connectivity index (χ0v) is 11.8. The van der Waals surface area contributed by atoms with Gasteiger partial charge in [0.2, 0.25) is 0 Å². The maximum atomic E-state index is 5.72. The number of hydrogen-bond donors (Lipinski definition) is 2. The first-order valence-corrected chi connectivity index (χ1v) is 7.35. The molecule has 4 heteroatoms. The minimum Gasteiger partial charge on any atom is -0.378 e. The summed E-state index contributed by atoms with van der Waals surface area (Å²) in [6.07, 6.45) is 11.0. The lowest BCUT2D eigenvalue weighted by Crippen LogP contribution is -2.29. The minimum absolute atomic E-state index is 0.222. The van der Waals surface area contributed by atoms with Gasteiger partial charge in [0.25, 0.3) is 0 Å². The first kappa shape index (κ1) is 14.4. The number of rotatable bonds is 7. The molecule has 0 bridgehead atoms. The van der Waals surface area contributed by atoms with E-state index in [9.17, 15) is 0 Å². The van der Waals surface area contributed by atoms with Gasteiger partial charge in [-0.05, 0) is 55.7 Å². The molecule has 1 saturated heterocycles. The molecule has 2 heterocycles. The number of nitrogens with two attached hydrogens (primary N) is 1. The second kappa shape index (κ2) is 7.58. The Hall–Kier alpha value is -0.970. The van der Waals surface area contributed by atoms with Crippen molar-refractivity contribution in [2.24, 2.45) is 5.84 Å². The van der Waals surface area contributed by atoms with Crippen LogP contribution in [0.25, 0.3) is 0 Å². The number of hydrazine groups is 1. The highest BCUT2D eigenvalue weighted by molar-refractivity contribution is 5.26. The third-order valence-electron chi connectivity index (χ3n) is 3.94. The van der Waals surface area contributed by atoms with Crippen LogP contribution in [-0.4, -0.2) is 17.7 Å². The molecule has 4 nitrogen and oxygen atoms in total. The van der Waals surface area contributed by atoms with Gasteiger partial charge in [-0.25, -0.2) is 0 Å². The summed E-state index contributed by atoms with van der Waals surface area (Å²) in [5, 5.41) is 0. The van der Waals surface area contributed by atoms with Crippen LogP contribution < -0.4 is 11.3 Å². The quantitative estimate of drug-likeness (QED) is 0.586. The fourth-order valence-corrected chi connectivity index (χ4v) is 2.82. The molecule has 0 aromatic carbocycles. The Morgan fingerprint density at radius 2 is 2.47 bits per heavy atom. The summed E-state index contributed by atoms with van der Waals surface area (Å²) in [4.78, 5) is 4.19. The van der Waals surface area contributed by atoms with E-state index in [1.54, 1.807) is 0 Å². The van der Waals surface area contributed by atoms with Crippen molar-refractivity contribution in [1.29, 1.82) is 0 Å². The average molecular weight is 263 g/mol. The normalized spacial score (nSPS) is 20.6. The highest BCUT2D eigenvalue weighted by Gasteiger charge is 2.17. The number of aryl methyl sites for hydroxylation is 1. The summed E-state index contributed by atoms with van der Waals surface area (Å²) in [6.45, 7) is 3.09. The molecule has 2 unspecified atom stereocenters. The van der Waals surface area contributed by atoms with Gasteiger partial charge in [-0.15, -0.1) is 0 Å². The monoisotopic (exact) mass is 263 g/mol. The van der Waals surface area contributed by atoms with Crippen LogP contribution >= 0.6 is 0 Å². The van der Waals surface area contributed by atoms with Gasteiger partial charge < -0.3 is 4.74 Å². The summed E-state index contributed by atoms with van der Waals surface area (Å²) in [5.74, 6) is 5.72.